The molecule has 94 heavy (non-hydrogen) atoms. The number of rotatable bonds is 74. The summed E-state index contributed by atoms with van der Waals surface area (Å²) in [6.45, 7) is 4.37. The summed E-state index contributed by atoms with van der Waals surface area (Å²) < 4.78 is 16.8. The maximum atomic E-state index is 13.1. The molecule has 1 heterocycles. The van der Waals surface area contributed by atoms with Crippen molar-refractivity contribution in [2.75, 3.05) is 19.8 Å². The second kappa shape index (κ2) is 72.1. The molecule has 0 aromatic rings. The number of hydrogen-bond donors (Lipinski definition) is 6. The molecule has 0 aliphatic carbocycles. The Morgan fingerprint density at radius 2 is 0.691 bits per heavy atom. The lowest BCUT2D eigenvalue weighted by atomic mass is 9.99. The van der Waals surface area contributed by atoms with Crippen LogP contribution in [0.25, 0.3) is 0 Å². The lowest BCUT2D eigenvalue weighted by Crippen LogP contribution is -2.60. The van der Waals surface area contributed by atoms with Gasteiger partial charge in [-0.15, -0.1) is 0 Å². The van der Waals surface area contributed by atoms with Gasteiger partial charge in [-0.1, -0.05) is 384 Å². The third kappa shape index (κ3) is 59.9. The quantitative estimate of drug-likeness (QED) is 0.0195. The van der Waals surface area contributed by atoms with Crippen molar-refractivity contribution < 1.29 is 49.3 Å². The largest absolute Gasteiger partial charge is 0.466 e. The van der Waals surface area contributed by atoms with Gasteiger partial charge in [0.15, 0.2) is 6.29 Å². The molecule has 0 spiro atoms. The Morgan fingerprint density at radius 1 is 0.383 bits per heavy atom. The average molecular weight is 1330 g/mol. The molecule has 0 radical (unpaired) electrons. The summed E-state index contributed by atoms with van der Waals surface area (Å²) in [6.07, 6.45) is 84.8. The van der Waals surface area contributed by atoms with Gasteiger partial charge in [-0.2, -0.15) is 0 Å². The van der Waals surface area contributed by atoms with Crippen LogP contribution in [0.1, 0.15) is 418 Å². The van der Waals surface area contributed by atoms with Gasteiger partial charge < -0.3 is 45.1 Å². The normalized spacial score (nSPS) is 17.5. The third-order valence-corrected chi connectivity index (χ3v) is 19.7. The number of carbonyl (C=O) groups is 2. The van der Waals surface area contributed by atoms with Crippen molar-refractivity contribution in [3.63, 3.8) is 0 Å². The number of aliphatic hydroxyl groups is 5. The lowest BCUT2D eigenvalue weighted by molar-refractivity contribution is -0.302. The van der Waals surface area contributed by atoms with E-state index in [1.54, 1.807) is 6.08 Å². The fraction of sp³-hybridized carbons (Fsp3) is 0.904. The topological polar surface area (TPSA) is 175 Å². The predicted molar refractivity (Wildman–Crippen MR) is 398 cm³/mol. The molecule has 0 aromatic carbocycles. The second-order valence-corrected chi connectivity index (χ2v) is 28.8. The van der Waals surface area contributed by atoms with Crippen LogP contribution in [0.4, 0.5) is 0 Å². The summed E-state index contributed by atoms with van der Waals surface area (Å²) in [6, 6.07) is -0.831. The molecule has 11 nitrogen and oxygen atoms in total. The molecular formula is C83H157NO10. The first-order chi connectivity index (χ1) is 46.2. The number of esters is 1. The molecule has 1 fully saturated rings. The molecule has 0 bridgehead atoms. The summed E-state index contributed by atoms with van der Waals surface area (Å²) in [5.41, 5.74) is 0. The molecule has 7 unspecified atom stereocenters. The molecule has 6 N–H and O–H groups in total. The Bertz CT molecular complexity index is 1660. The van der Waals surface area contributed by atoms with Crippen LogP contribution in [0.3, 0.4) is 0 Å². The summed E-state index contributed by atoms with van der Waals surface area (Å²) in [5.74, 6) is -0.168. The highest BCUT2D eigenvalue weighted by Crippen LogP contribution is 2.24. The van der Waals surface area contributed by atoms with Crippen LogP contribution in [0, 0.1) is 0 Å². The summed E-state index contributed by atoms with van der Waals surface area (Å²) in [4.78, 5) is 25.2. The first-order valence-electron chi connectivity index (χ1n) is 41.3. The fourth-order valence-electron chi connectivity index (χ4n) is 13.3. The number of unbranched alkanes of at least 4 members (excludes halogenated alkanes) is 56. The molecule has 0 aromatic heterocycles. The van der Waals surface area contributed by atoms with Crippen LogP contribution in [0.15, 0.2) is 36.5 Å². The summed E-state index contributed by atoms with van der Waals surface area (Å²) >= 11 is 0. The second-order valence-electron chi connectivity index (χ2n) is 28.8. The molecule has 7 atom stereocenters. The van der Waals surface area contributed by atoms with Crippen LogP contribution >= 0.6 is 0 Å². The predicted octanol–water partition coefficient (Wildman–Crippen LogP) is 22.5. The highest BCUT2D eigenvalue weighted by molar-refractivity contribution is 5.76. The zero-order valence-corrected chi connectivity index (χ0v) is 62.0. The fourth-order valence-corrected chi connectivity index (χ4v) is 13.3. The van der Waals surface area contributed by atoms with Gasteiger partial charge in [0.05, 0.1) is 32.0 Å². The van der Waals surface area contributed by atoms with E-state index in [-0.39, 0.29) is 18.5 Å². The first kappa shape index (κ1) is 89.9. The standard InChI is InChI=1S/C83H157NO10/c1-3-5-7-9-11-13-15-17-43-46-49-53-57-61-65-69-76(86)75(74-93-83-82(91)81(90)80(89)77(73-85)94-83)84-78(87)70-66-62-58-54-50-47-44-41-39-37-35-33-31-29-27-25-23-21-19-18-20-22-24-26-28-30-32-34-36-38-40-42-45-48-52-56-60-64-68-72-92-79(88)71-67-63-59-55-51-16-14-12-10-8-6-4-2/h15,17,49,53,65,69,75-77,80-83,85-86,89-91H,3-14,16,18-48,50-52,54-64,66-68,70-74H2,1-2H3,(H,84,87)/b17-15+,53-49+,69-65+. The Morgan fingerprint density at radius 3 is 1.05 bits per heavy atom. The molecule has 11 heteroatoms. The minimum Gasteiger partial charge on any atom is -0.466 e. The van der Waals surface area contributed by atoms with Gasteiger partial charge in [0, 0.05) is 12.8 Å². The number of hydrogen-bond acceptors (Lipinski definition) is 10. The van der Waals surface area contributed by atoms with Gasteiger partial charge in [-0.25, -0.2) is 0 Å². The van der Waals surface area contributed by atoms with Gasteiger partial charge in [0.25, 0.3) is 0 Å². The van der Waals surface area contributed by atoms with Crippen molar-refractivity contribution in [2.24, 2.45) is 0 Å². The number of nitrogens with one attached hydrogen (secondary N) is 1. The molecule has 1 rings (SSSR count). The highest BCUT2D eigenvalue weighted by Gasteiger charge is 2.44. The molecule has 1 amide bonds. The average Bonchev–Trinajstić information content (AvgIpc) is 0.831. The van der Waals surface area contributed by atoms with Gasteiger partial charge >= 0.3 is 5.97 Å². The van der Waals surface area contributed by atoms with E-state index in [4.69, 9.17) is 14.2 Å². The Labute approximate surface area is 581 Å². The molecular weight excluding hydrogens is 1170 g/mol. The van der Waals surface area contributed by atoms with Crippen molar-refractivity contribution in [1.82, 2.24) is 5.32 Å². The van der Waals surface area contributed by atoms with E-state index in [1.807, 2.05) is 6.08 Å². The molecule has 1 aliphatic heterocycles. The Hall–Kier alpha value is -2.12. The van der Waals surface area contributed by atoms with Crippen molar-refractivity contribution in [3.8, 4) is 0 Å². The minimum absolute atomic E-state index is 0.0195. The number of ether oxygens (including phenoxy) is 3. The van der Waals surface area contributed by atoms with E-state index >= 15 is 0 Å². The highest BCUT2D eigenvalue weighted by atomic mass is 16.7. The zero-order chi connectivity index (χ0) is 67.9. The van der Waals surface area contributed by atoms with Crippen molar-refractivity contribution in [2.45, 2.75) is 461 Å². The minimum atomic E-state index is -1.58. The number of amides is 1. The van der Waals surface area contributed by atoms with Crippen molar-refractivity contribution >= 4 is 11.9 Å². The SMILES string of the molecule is CCCCCCC/C=C/CC/C=C/CC/C=C/C(O)C(COC1OC(CO)C(O)C(O)C1O)NC(=O)CCCCCCCCCCCCCCCCCCCCCCCCCCCCCCCCCCCCCCCCCOC(=O)CCCCCCCCCCCCCC. The van der Waals surface area contributed by atoms with Crippen LogP contribution in [0.5, 0.6) is 0 Å². The van der Waals surface area contributed by atoms with Gasteiger partial charge in [0.2, 0.25) is 5.91 Å². The third-order valence-electron chi connectivity index (χ3n) is 19.7. The summed E-state index contributed by atoms with van der Waals surface area (Å²) in [5, 5.41) is 54.6. The monoisotopic (exact) mass is 1330 g/mol. The summed E-state index contributed by atoms with van der Waals surface area (Å²) in [7, 11) is 0. The van der Waals surface area contributed by atoms with Crippen LogP contribution in [0.2, 0.25) is 0 Å². The van der Waals surface area contributed by atoms with E-state index < -0.39 is 49.5 Å². The van der Waals surface area contributed by atoms with Crippen LogP contribution in [-0.2, 0) is 23.8 Å². The lowest BCUT2D eigenvalue weighted by Gasteiger charge is -2.40. The maximum Gasteiger partial charge on any atom is 0.305 e. The molecule has 1 saturated heterocycles. The van der Waals surface area contributed by atoms with Gasteiger partial charge in [0.1, 0.15) is 24.4 Å². The van der Waals surface area contributed by atoms with E-state index in [2.05, 4.69) is 43.5 Å². The molecule has 1 aliphatic rings. The number of allylic oxidation sites excluding steroid dienone is 5. The van der Waals surface area contributed by atoms with Gasteiger partial charge in [-0.3, -0.25) is 9.59 Å². The number of carbonyl (C=O) groups excluding carboxylic acids is 2. The van der Waals surface area contributed by atoms with E-state index in [1.165, 1.54) is 327 Å². The van der Waals surface area contributed by atoms with Crippen LogP contribution < -0.4 is 5.32 Å². The zero-order valence-electron chi connectivity index (χ0n) is 62.0. The van der Waals surface area contributed by atoms with Gasteiger partial charge in [-0.05, 0) is 57.8 Å². The Balaban J connectivity index is 1.90. The Kier molecular flexibility index (Phi) is 69.0. The first-order valence-corrected chi connectivity index (χ1v) is 41.3. The van der Waals surface area contributed by atoms with Crippen molar-refractivity contribution in [3.05, 3.63) is 36.5 Å². The van der Waals surface area contributed by atoms with E-state index in [9.17, 15) is 35.1 Å². The van der Waals surface area contributed by atoms with Crippen LogP contribution in [-0.4, -0.2) is 100 Å². The van der Waals surface area contributed by atoms with E-state index in [0.717, 1.165) is 64.2 Å². The van der Waals surface area contributed by atoms with Crippen molar-refractivity contribution in [1.29, 1.82) is 0 Å². The van der Waals surface area contributed by atoms with E-state index in [0.29, 0.717) is 19.4 Å². The molecule has 554 valence electrons. The maximum absolute atomic E-state index is 13.1. The molecule has 0 saturated carbocycles. The smallest absolute Gasteiger partial charge is 0.305 e. The number of aliphatic hydroxyl groups excluding tert-OH is 5.